The van der Waals surface area contributed by atoms with Crippen LogP contribution in [0.2, 0.25) is 0 Å². The van der Waals surface area contributed by atoms with E-state index in [0.29, 0.717) is 6.54 Å². The van der Waals surface area contributed by atoms with Crippen LogP contribution >= 0.6 is 39.9 Å². The molecule has 1 aromatic heterocycles. The summed E-state index contributed by atoms with van der Waals surface area (Å²) in [6.07, 6.45) is 5.29. The van der Waals surface area contributed by atoms with Gasteiger partial charge in [-0.2, -0.15) is 0 Å². The third kappa shape index (κ3) is 4.75. The Hall–Kier alpha value is -1.09. The summed E-state index contributed by atoms with van der Waals surface area (Å²) >= 11 is 3.59. The first-order chi connectivity index (χ1) is 11.6. The van der Waals surface area contributed by atoms with Gasteiger partial charge < -0.3 is 14.7 Å². The fourth-order valence-electron chi connectivity index (χ4n) is 3.26. The molecule has 25 heavy (non-hydrogen) atoms. The second-order valence-corrected chi connectivity index (χ2v) is 7.31. The number of hydrogen-bond donors (Lipinski definition) is 1. The van der Waals surface area contributed by atoms with Gasteiger partial charge in [0.05, 0.1) is 6.54 Å². The van der Waals surface area contributed by atoms with Gasteiger partial charge in [-0.3, -0.25) is 4.99 Å². The van der Waals surface area contributed by atoms with Crippen molar-refractivity contribution >= 4 is 45.9 Å². The Morgan fingerprint density at radius 3 is 2.76 bits per heavy atom. The minimum absolute atomic E-state index is 0. The second kappa shape index (κ2) is 9.02. The maximum atomic E-state index is 4.90. The zero-order valence-corrected chi connectivity index (χ0v) is 18.5. The molecule has 0 saturated heterocycles. The van der Waals surface area contributed by atoms with Gasteiger partial charge in [-0.25, -0.2) is 0 Å². The Balaban J connectivity index is 0.00000225. The highest BCUT2D eigenvalue weighted by Gasteiger charge is 2.38. The molecule has 0 aliphatic heterocycles. The fraction of sp³-hybridized carbons (Fsp3) is 0.444. The van der Waals surface area contributed by atoms with Crippen molar-refractivity contribution in [2.75, 3.05) is 20.6 Å². The molecule has 1 aromatic carbocycles. The van der Waals surface area contributed by atoms with Crippen molar-refractivity contribution in [1.29, 1.82) is 0 Å². The van der Waals surface area contributed by atoms with E-state index in [-0.39, 0.29) is 29.4 Å². The summed E-state index contributed by atoms with van der Waals surface area (Å²) in [7, 11) is 3.82. The summed E-state index contributed by atoms with van der Waals surface area (Å²) in [6.45, 7) is 1.55. The molecule has 0 radical (unpaired) electrons. The topological polar surface area (TPSA) is 53.7 Å². The summed E-state index contributed by atoms with van der Waals surface area (Å²) in [6, 6.07) is 10.5. The smallest absolute Gasteiger partial charge is 0.193 e. The number of nitrogens with zero attached hydrogens (tertiary/aromatic N) is 3. The first-order valence-electron chi connectivity index (χ1n) is 8.20. The molecule has 1 saturated carbocycles. The number of guanidine groups is 1. The molecule has 136 valence electrons. The van der Waals surface area contributed by atoms with Crippen LogP contribution in [-0.2, 0) is 12.0 Å². The Morgan fingerprint density at radius 2 is 2.20 bits per heavy atom. The van der Waals surface area contributed by atoms with E-state index in [4.69, 9.17) is 4.52 Å². The Kier molecular flexibility index (Phi) is 7.30. The number of benzene rings is 1. The van der Waals surface area contributed by atoms with Crippen LogP contribution in [0.3, 0.4) is 0 Å². The van der Waals surface area contributed by atoms with Gasteiger partial charge in [-0.05, 0) is 30.5 Å². The number of nitrogens with one attached hydrogen (secondary N) is 1. The van der Waals surface area contributed by atoms with E-state index in [1.54, 1.807) is 6.26 Å². The van der Waals surface area contributed by atoms with Gasteiger partial charge in [0.25, 0.3) is 0 Å². The summed E-state index contributed by atoms with van der Waals surface area (Å²) < 4.78 is 6.03. The second-order valence-electron chi connectivity index (χ2n) is 6.39. The van der Waals surface area contributed by atoms with Crippen LogP contribution in [0.25, 0.3) is 0 Å². The van der Waals surface area contributed by atoms with Gasteiger partial charge in [0, 0.05) is 36.6 Å². The van der Waals surface area contributed by atoms with Crippen LogP contribution in [0.1, 0.15) is 30.5 Å². The number of hydrogen-bond acceptors (Lipinski definition) is 3. The van der Waals surface area contributed by atoms with E-state index in [1.807, 2.05) is 20.2 Å². The minimum atomic E-state index is 0. The zero-order chi connectivity index (χ0) is 17.0. The summed E-state index contributed by atoms with van der Waals surface area (Å²) in [5.41, 5.74) is 2.49. The molecule has 1 aliphatic carbocycles. The van der Waals surface area contributed by atoms with Crippen molar-refractivity contribution in [3.8, 4) is 0 Å². The van der Waals surface area contributed by atoms with Crippen molar-refractivity contribution in [2.45, 2.75) is 31.2 Å². The number of halogens is 2. The van der Waals surface area contributed by atoms with Gasteiger partial charge in [0.15, 0.2) is 5.96 Å². The van der Waals surface area contributed by atoms with Crippen LogP contribution in [0.15, 0.2) is 50.6 Å². The first-order valence-corrected chi connectivity index (χ1v) is 8.99. The van der Waals surface area contributed by atoms with Gasteiger partial charge >= 0.3 is 0 Å². The SMILES string of the molecule is CN=C(NCC1(c2cccc(Br)c2)CCC1)N(C)Cc1ccon1.I. The Morgan fingerprint density at radius 1 is 1.40 bits per heavy atom. The molecule has 0 spiro atoms. The molecule has 0 unspecified atom stereocenters. The maximum Gasteiger partial charge on any atom is 0.193 e. The summed E-state index contributed by atoms with van der Waals surface area (Å²) in [4.78, 5) is 6.47. The lowest BCUT2D eigenvalue weighted by Gasteiger charge is -2.43. The minimum Gasteiger partial charge on any atom is -0.364 e. The molecule has 7 heteroatoms. The van der Waals surface area contributed by atoms with Crippen LogP contribution in [-0.4, -0.2) is 36.7 Å². The first kappa shape index (κ1) is 20.2. The van der Waals surface area contributed by atoms with E-state index >= 15 is 0 Å². The summed E-state index contributed by atoms with van der Waals surface area (Å²) in [5.74, 6) is 0.874. The van der Waals surface area contributed by atoms with E-state index < -0.39 is 0 Å². The van der Waals surface area contributed by atoms with Crippen LogP contribution < -0.4 is 5.32 Å². The number of aromatic nitrogens is 1. The zero-order valence-electron chi connectivity index (χ0n) is 14.5. The number of rotatable bonds is 5. The van der Waals surface area contributed by atoms with Crippen molar-refractivity contribution in [1.82, 2.24) is 15.4 Å². The highest BCUT2D eigenvalue weighted by atomic mass is 127. The van der Waals surface area contributed by atoms with E-state index in [1.165, 1.54) is 24.8 Å². The molecule has 3 rings (SSSR count). The largest absolute Gasteiger partial charge is 0.364 e. The van der Waals surface area contributed by atoms with E-state index in [9.17, 15) is 0 Å². The van der Waals surface area contributed by atoms with Crippen molar-refractivity contribution < 1.29 is 4.52 Å². The monoisotopic (exact) mass is 518 g/mol. The van der Waals surface area contributed by atoms with Crippen molar-refractivity contribution in [3.63, 3.8) is 0 Å². The molecule has 5 nitrogen and oxygen atoms in total. The van der Waals surface area contributed by atoms with Crippen LogP contribution in [0.4, 0.5) is 0 Å². The maximum absolute atomic E-state index is 4.90. The molecule has 1 aliphatic rings. The van der Waals surface area contributed by atoms with E-state index in [2.05, 4.69) is 60.6 Å². The highest BCUT2D eigenvalue weighted by molar-refractivity contribution is 14.0. The quantitative estimate of drug-likeness (QED) is 0.366. The predicted octanol–water partition coefficient (Wildman–Crippen LogP) is 4.18. The fourth-order valence-corrected chi connectivity index (χ4v) is 3.66. The molecular formula is C18H24BrIN4O. The average molecular weight is 519 g/mol. The molecule has 2 aromatic rings. The lowest BCUT2D eigenvalue weighted by Crippen LogP contribution is -2.49. The summed E-state index contributed by atoms with van der Waals surface area (Å²) in [5, 5.41) is 7.51. The molecule has 0 bridgehead atoms. The third-order valence-corrected chi connectivity index (χ3v) is 5.29. The Labute approximate surface area is 174 Å². The molecule has 1 N–H and O–H groups in total. The molecular weight excluding hydrogens is 495 g/mol. The van der Waals surface area contributed by atoms with Crippen LogP contribution in [0, 0.1) is 0 Å². The van der Waals surface area contributed by atoms with Gasteiger partial charge in [0.2, 0.25) is 0 Å². The molecule has 1 heterocycles. The standard InChI is InChI=1S/C18H23BrN4O.HI/c1-20-17(23(2)12-16-7-10-24-22-16)21-13-18(8-4-9-18)14-5-3-6-15(19)11-14;/h3,5-7,10-11H,4,8-9,12-13H2,1-2H3,(H,20,21);1H. The van der Waals surface area contributed by atoms with E-state index in [0.717, 1.165) is 22.7 Å². The third-order valence-electron chi connectivity index (χ3n) is 4.80. The number of aliphatic imine (C=N–C) groups is 1. The Bertz CT molecular complexity index is 701. The van der Waals surface area contributed by atoms with Crippen molar-refractivity contribution in [3.05, 3.63) is 52.3 Å². The predicted molar refractivity (Wildman–Crippen MR) is 114 cm³/mol. The molecule has 0 amide bonds. The highest BCUT2D eigenvalue weighted by Crippen LogP contribution is 2.43. The van der Waals surface area contributed by atoms with Gasteiger partial charge in [-0.1, -0.05) is 39.6 Å². The van der Waals surface area contributed by atoms with Crippen LogP contribution in [0.5, 0.6) is 0 Å². The lowest BCUT2D eigenvalue weighted by molar-refractivity contribution is 0.241. The normalized spacial score (nSPS) is 15.9. The average Bonchev–Trinajstić information content (AvgIpc) is 3.03. The molecule has 1 fully saturated rings. The van der Waals surface area contributed by atoms with Crippen molar-refractivity contribution in [2.24, 2.45) is 4.99 Å². The van der Waals surface area contributed by atoms with Gasteiger partial charge in [-0.15, -0.1) is 24.0 Å². The molecule has 0 atom stereocenters. The van der Waals surface area contributed by atoms with Gasteiger partial charge in [0.1, 0.15) is 12.0 Å². The lowest BCUT2D eigenvalue weighted by atomic mass is 9.64.